The Kier molecular flexibility index (Phi) is 5.83. The van der Waals surface area contributed by atoms with Crippen molar-refractivity contribution in [2.75, 3.05) is 11.9 Å². The van der Waals surface area contributed by atoms with Crippen LogP contribution in [0.15, 0.2) is 42.1 Å². The number of carbonyl (C=O) groups excluding carboxylic acids is 2. The van der Waals surface area contributed by atoms with Crippen LogP contribution < -0.4 is 4.90 Å². The molecular formula is C25H29N3O5. The molecule has 0 unspecified atom stereocenters. The Balaban J connectivity index is 2.10. The second-order valence-electron chi connectivity index (χ2n) is 10.2. The zero-order chi connectivity index (χ0) is 24.9. The minimum Gasteiger partial charge on any atom is -0.507 e. The molecule has 1 aliphatic heterocycles. The molecule has 0 aliphatic carbocycles. The number of carbonyl (C=O) groups is 2. The van der Waals surface area contributed by atoms with Gasteiger partial charge in [0.2, 0.25) is 0 Å². The lowest BCUT2D eigenvalue weighted by Gasteiger charge is -2.28. The van der Waals surface area contributed by atoms with E-state index in [9.17, 15) is 24.8 Å². The number of likely N-dealkylation sites (N-methyl/N-ethyl adjacent to an activating group) is 1. The number of benzene rings is 2. The maximum absolute atomic E-state index is 13.2. The average molecular weight is 452 g/mol. The molecule has 1 heterocycles. The first-order valence-corrected chi connectivity index (χ1v) is 10.6. The van der Waals surface area contributed by atoms with Crippen LogP contribution in [0.5, 0.6) is 5.75 Å². The molecule has 0 aromatic heterocycles. The van der Waals surface area contributed by atoms with Crippen LogP contribution in [0.1, 0.15) is 58.2 Å². The van der Waals surface area contributed by atoms with Crippen molar-refractivity contribution in [2.45, 2.75) is 52.4 Å². The van der Waals surface area contributed by atoms with Crippen molar-refractivity contribution in [1.29, 1.82) is 0 Å². The van der Waals surface area contributed by atoms with Crippen LogP contribution in [0.3, 0.4) is 0 Å². The number of amides is 3. The van der Waals surface area contributed by atoms with Crippen molar-refractivity contribution < 1.29 is 19.6 Å². The van der Waals surface area contributed by atoms with E-state index in [-0.39, 0.29) is 33.7 Å². The molecule has 1 fully saturated rings. The monoisotopic (exact) mass is 451 g/mol. The van der Waals surface area contributed by atoms with Crippen LogP contribution in [0, 0.1) is 10.1 Å². The van der Waals surface area contributed by atoms with E-state index < -0.39 is 16.9 Å². The highest BCUT2D eigenvalue weighted by atomic mass is 16.6. The van der Waals surface area contributed by atoms with Gasteiger partial charge in [-0.2, -0.15) is 0 Å². The van der Waals surface area contributed by atoms with Gasteiger partial charge < -0.3 is 5.11 Å². The molecule has 2 aromatic rings. The summed E-state index contributed by atoms with van der Waals surface area (Å²) in [6.07, 6.45) is 1.63. The van der Waals surface area contributed by atoms with Gasteiger partial charge in [0.25, 0.3) is 11.6 Å². The normalized spacial score (nSPS) is 16.2. The highest BCUT2D eigenvalue weighted by Crippen LogP contribution is 2.40. The van der Waals surface area contributed by atoms with Gasteiger partial charge in [-0.1, -0.05) is 41.5 Å². The third kappa shape index (κ3) is 4.46. The standard InChI is InChI=1S/C25H29N3O5/c1-24(2,3)18-12-15(13-19(21(18)29)25(4,5)6)14-20-22(30)27(23(31)26(20)7)16-8-10-17(11-9-16)28(32)33/h8-14,29H,1-7H3. The van der Waals surface area contributed by atoms with Gasteiger partial charge >= 0.3 is 6.03 Å². The first kappa shape index (κ1) is 24.0. The lowest BCUT2D eigenvalue weighted by atomic mass is 9.78. The Morgan fingerprint density at radius 2 is 1.42 bits per heavy atom. The van der Waals surface area contributed by atoms with Crippen molar-refractivity contribution in [3.63, 3.8) is 0 Å². The van der Waals surface area contributed by atoms with Gasteiger partial charge in [-0.25, -0.2) is 9.69 Å². The molecule has 8 nitrogen and oxygen atoms in total. The van der Waals surface area contributed by atoms with Crippen molar-refractivity contribution in [3.8, 4) is 5.75 Å². The molecular weight excluding hydrogens is 422 g/mol. The Labute approximate surface area is 193 Å². The summed E-state index contributed by atoms with van der Waals surface area (Å²) >= 11 is 0. The van der Waals surface area contributed by atoms with E-state index >= 15 is 0 Å². The number of phenols is 1. The Hall–Kier alpha value is -3.68. The number of hydrogen-bond donors (Lipinski definition) is 1. The van der Waals surface area contributed by atoms with Crippen LogP contribution in [0.4, 0.5) is 16.2 Å². The zero-order valence-electron chi connectivity index (χ0n) is 20.0. The fraction of sp³-hybridized carbons (Fsp3) is 0.360. The van der Waals surface area contributed by atoms with Gasteiger partial charge in [0.05, 0.1) is 10.6 Å². The van der Waals surface area contributed by atoms with Gasteiger partial charge in [0.15, 0.2) is 0 Å². The Morgan fingerprint density at radius 3 is 1.85 bits per heavy atom. The third-order valence-electron chi connectivity index (χ3n) is 5.63. The van der Waals surface area contributed by atoms with E-state index in [1.54, 1.807) is 6.08 Å². The van der Waals surface area contributed by atoms with Gasteiger partial charge in [0.1, 0.15) is 11.4 Å². The summed E-state index contributed by atoms with van der Waals surface area (Å²) in [5.41, 5.74) is 1.79. The number of rotatable bonds is 3. The lowest BCUT2D eigenvalue weighted by molar-refractivity contribution is -0.384. The summed E-state index contributed by atoms with van der Waals surface area (Å²) in [6, 6.07) is 8.37. The molecule has 3 rings (SSSR count). The first-order chi connectivity index (χ1) is 15.1. The molecule has 0 spiro atoms. The summed E-state index contributed by atoms with van der Waals surface area (Å²) < 4.78 is 0. The largest absolute Gasteiger partial charge is 0.507 e. The summed E-state index contributed by atoms with van der Waals surface area (Å²) in [7, 11) is 1.51. The molecule has 0 saturated carbocycles. The number of hydrogen-bond acceptors (Lipinski definition) is 5. The molecule has 174 valence electrons. The highest BCUT2D eigenvalue weighted by Gasteiger charge is 2.40. The van der Waals surface area contributed by atoms with Gasteiger partial charge in [0, 0.05) is 30.3 Å². The van der Waals surface area contributed by atoms with Crippen LogP contribution in [-0.4, -0.2) is 33.9 Å². The number of nitrogens with zero attached hydrogens (tertiary/aromatic N) is 3. The van der Waals surface area contributed by atoms with Gasteiger partial charge in [-0.3, -0.25) is 19.8 Å². The molecule has 1 saturated heterocycles. The SMILES string of the molecule is CN1C(=O)N(c2ccc([N+](=O)[O-])cc2)C(=O)C1=Cc1cc(C(C)(C)C)c(O)c(C(C)(C)C)c1. The fourth-order valence-corrected chi connectivity index (χ4v) is 3.75. The number of aromatic hydroxyl groups is 1. The second kappa shape index (κ2) is 8.03. The van der Waals surface area contributed by atoms with Crippen molar-refractivity contribution in [3.05, 3.63) is 68.9 Å². The number of nitro groups is 1. The highest BCUT2D eigenvalue weighted by molar-refractivity contribution is 6.28. The van der Waals surface area contributed by atoms with E-state index in [2.05, 4.69) is 0 Å². The van der Waals surface area contributed by atoms with Crippen molar-refractivity contribution >= 4 is 29.4 Å². The van der Waals surface area contributed by atoms with Gasteiger partial charge in [-0.15, -0.1) is 0 Å². The maximum Gasteiger partial charge on any atom is 0.336 e. The molecule has 0 bridgehead atoms. The minimum absolute atomic E-state index is 0.129. The summed E-state index contributed by atoms with van der Waals surface area (Å²) in [6.45, 7) is 12.0. The van der Waals surface area contributed by atoms with Gasteiger partial charge in [-0.05, 0) is 46.7 Å². The molecule has 1 aliphatic rings. The Bertz CT molecular complexity index is 1130. The quantitative estimate of drug-likeness (QED) is 0.294. The molecule has 0 atom stereocenters. The fourth-order valence-electron chi connectivity index (χ4n) is 3.75. The topological polar surface area (TPSA) is 104 Å². The molecule has 3 amide bonds. The molecule has 33 heavy (non-hydrogen) atoms. The molecule has 0 radical (unpaired) electrons. The Morgan fingerprint density at radius 1 is 0.939 bits per heavy atom. The second-order valence-corrected chi connectivity index (χ2v) is 10.2. The molecule has 2 aromatic carbocycles. The molecule has 8 heteroatoms. The zero-order valence-corrected chi connectivity index (χ0v) is 20.0. The average Bonchev–Trinajstić information content (AvgIpc) is 2.90. The van der Waals surface area contributed by atoms with E-state index in [1.165, 1.54) is 36.2 Å². The maximum atomic E-state index is 13.2. The van der Waals surface area contributed by atoms with E-state index in [0.29, 0.717) is 5.56 Å². The number of nitro benzene ring substituents is 1. The number of non-ortho nitro benzene ring substituents is 1. The number of urea groups is 1. The summed E-state index contributed by atoms with van der Waals surface area (Å²) in [5.74, 6) is -0.300. The van der Waals surface area contributed by atoms with Crippen LogP contribution in [-0.2, 0) is 15.6 Å². The predicted octanol–water partition coefficient (Wildman–Crippen LogP) is 5.33. The van der Waals surface area contributed by atoms with Crippen LogP contribution in [0.25, 0.3) is 6.08 Å². The van der Waals surface area contributed by atoms with Crippen LogP contribution in [0.2, 0.25) is 0 Å². The number of phenolic OH excluding ortho intramolecular Hbond substituents is 1. The van der Waals surface area contributed by atoms with Crippen LogP contribution >= 0.6 is 0 Å². The smallest absolute Gasteiger partial charge is 0.336 e. The molecule has 1 N–H and O–H groups in total. The predicted molar refractivity (Wildman–Crippen MR) is 127 cm³/mol. The van der Waals surface area contributed by atoms with Crippen molar-refractivity contribution in [2.24, 2.45) is 0 Å². The minimum atomic E-state index is -0.550. The summed E-state index contributed by atoms with van der Waals surface area (Å²) in [5, 5.41) is 21.8. The van der Waals surface area contributed by atoms with Crippen molar-refractivity contribution in [1.82, 2.24) is 4.90 Å². The number of imide groups is 1. The van der Waals surface area contributed by atoms with E-state index in [1.807, 2.05) is 53.7 Å². The third-order valence-corrected chi connectivity index (χ3v) is 5.63. The van der Waals surface area contributed by atoms with E-state index in [4.69, 9.17) is 0 Å². The van der Waals surface area contributed by atoms with E-state index in [0.717, 1.165) is 16.0 Å². The number of anilines is 1. The first-order valence-electron chi connectivity index (χ1n) is 10.6. The summed E-state index contributed by atoms with van der Waals surface area (Å²) in [4.78, 5) is 38.7. The lowest BCUT2D eigenvalue weighted by Crippen LogP contribution is -2.31.